The van der Waals surface area contributed by atoms with Crippen molar-refractivity contribution in [3.63, 3.8) is 0 Å². The predicted octanol–water partition coefficient (Wildman–Crippen LogP) is 2.57. The van der Waals surface area contributed by atoms with Crippen LogP contribution in [0.4, 0.5) is 5.69 Å². The van der Waals surface area contributed by atoms with Gasteiger partial charge in [-0.15, -0.1) is 0 Å². The maximum absolute atomic E-state index is 12.3. The summed E-state index contributed by atoms with van der Waals surface area (Å²) in [5.74, 6) is 0.375. The molecule has 2 aromatic carbocycles. The largest absolute Gasteiger partial charge is 0.497 e. The molecule has 0 saturated carbocycles. The molecule has 27 heavy (non-hydrogen) atoms. The molecule has 1 amide bonds. The number of rotatable bonds is 5. The summed E-state index contributed by atoms with van der Waals surface area (Å²) < 4.78 is 6.15. The van der Waals surface area contributed by atoms with Gasteiger partial charge < -0.3 is 10.1 Å². The zero-order valence-electron chi connectivity index (χ0n) is 15.4. The molecule has 0 aliphatic rings. The summed E-state index contributed by atoms with van der Waals surface area (Å²) in [4.78, 5) is 28.5. The van der Waals surface area contributed by atoms with E-state index in [2.05, 4.69) is 15.4 Å². The second-order valence-electron chi connectivity index (χ2n) is 6.18. The smallest absolute Gasteiger partial charge is 0.365 e. The minimum Gasteiger partial charge on any atom is -0.497 e. The maximum atomic E-state index is 12.3. The van der Waals surface area contributed by atoms with Crippen LogP contribution in [0.3, 0.4) is 0 Å². The van der Waals surface area contributed by atoms with Gasteiger partial charge in [0.05, 0.1) is 19.0 Å². The van der Waals surface area contributed by atoms with E-state index in [-0.39, 0.29) is 12.5 Å². The number of hydrogen-bond acceptors (Lipinski definition) is 5. The minimum absolute atomic E-state index is 0.206. The van der Waals surface area contributed by atoms with E-state index in [4.69, 9.17) is 4.74 Å². The fourth-order valence-corrected chi connectivity index (χ4v) is 2.57. The van der Waals surface area contributed by atoms with Crippen LogP contribution in [0.1, 0.15) is 11.1 Å². The van der Waals surface area contributed by atoms with Gasteiger partial charge in [0.1, 0.15) is 12.3 Å². The van der Waals surface area contributed by atoms with Gasteiger partial charge in [0.25, 0.3) is 0 Å². The van der Waals surface area contributed by atoms with Crippen molar-refractivity contribution < 1.29 is 9.53 Å². The second kappa shape index (κ2) is 7.82. The van der Waals surface area contributed by atoms with Crippen molar-refractivity contribution in [1.82, 2.24) is 14.8 Å². The number of ether oxygens (including phenoxy) is 1. The summed E-state index contributed by atoms with van der Waals surface area (Å²) in [7, 11) is 1.58. The molecule has 1 heterocycles. The fraction of sp³-hybridized carbons (Fsp3) is 0.200. The van der Waals surface area contributed by atoms with Crippen molar-refractivity contribution in [2.45, 2.75) is 20.4 Å². The molecular weight excluding hydrogens is 344 g/mol. The summed E-state index contributed by atoms with van der Waals surface area (Å²) >= 11 is 0. The number of anilines is 1. The van der Waals surface area contributed by atoms with Gasteiger partial charge in [-0.1, -0.05) is 12.1 Å². The van der Waals surface area contributed by atoms with Gasteiger partial charge in [0, 0.05) is 11.3 Å². The minimum atomic E-state index is -0.584. The van der Waals surface area contributed by atoms with Crippen LogP contribution in [0.25, 0.3) is 11.3 Å². The maximum Gasteiger partial charge on any atom is 0.365 e. The number of aryl methyl sites for hydroxylation is 2. The first-order valence-corrected chi connectivity index (χ1v) is 8.42. The van der Waals surface area contributed by atoms with Gasteiger partial charge >= 0.3 is 5.69 Å². The Morgan fingerprint density at radius 3 is 2.56 bits per heavy atom. The normalized spacial score (nSPS) is 10.5. The average Bonchev–Trinajstić information content (AvgIpc) is 2.66. The molecule has 0 aliphatic heterocycles. The highest BCUT2D eigenvalue weighted by Gasteiger charge is 2.10. The molecule has 0 unspecified atom stereocenters. The number of nitrogens with zero attached hydrogens (tertiary/aromatic N) is 3. The van der Waals surface area contributed by atoms with Gasteiger partial charge in [0.2, 0.25) is 5.91 Å². The average molecular weight is 364 g/mol. The van der Waals surface area contributed by atoms with E-state index in [9.17, 15) is 9.59 Å². The van der Waals surface area contributed by atoms with Crippen LogP contribution in [0.15, 0.2) is 53.5 Å². The van der Waals surface area contributed by atoms with Gasteiger partial charge in [-0.05, 0) is 55.3 Å². The molecular formula is C20H20N4O3. The SMILES string of the molecule is COc1ccc(-c2cnn(CC(=O)Nc3cc(C)ccc3C)c(=O)n2)cc1. The first kappa shape index (κ1) is 18.3. The summed E-state index contributed by atoms with van der Waals surface area (Å²) in [6.45, 7) is 3.65. The monoisotopic (exact) mass is 364 g/mol. The third kappa shape index (κ3) is 4.38. The lowest BCUT2D eigenvalue weighted by molar-refractivity contribution is -0.117. The third-order valence-corrected chi connectivity index (χ3v) is 4.10. The quantitative estimate of drug-likeness (QED) is 0.752. The summed E-state index contributed by atoms with van der Waals surface area (Å²) in [6, 6.07) is 12.9. The molecule has 1 aromatic heterocycles. The molecule has 138 valence electrons. The zero-order valence-corrected chi connectivity index (χ0v) is 15.4. The van der Waals surface area contributed by atoms with Crippen molar-refractivity contribution in [2.75, 3.05) is 12.4 Å². The van der Waals surface area contributed by atoms with E-state index < -0.39 is 5.69 Å². The molecule has 0 atom stereocenters. The highest BCUT2D eigenvalue weighted by atomic mass is 16.5. The van der Waals surface area contributed by atoms with Gasteiger partial charge in [-0.25, -0.2) is 9.48 Å². The molecule has 7 heteroatoms. The lowest BCUT2D eigenvalue weighted by Gasteiger charge is -2.10. The van der Waals surface area contributed by atoms with Crippen LogP contribution in [0.2, 0.25) is 0 Å². The van der Waals surface area contributed by atoms with Gasteiger partial charge in [-0.3, -0.25) is 4.79 Å². The highest BCUT2D eigenvalue weighted by molar-refractivity contribution is 5.91. The number of hydrogen-bond donors (Lipinski definition) is 1. The van der Waals surface area contributed by atoms with E-state index in [0.29, 0.717) is 11.4 Å². The predicted molar refractivity (Wildman–Crippen MR) is 103 cm³/mol. The van der Waals surface area contributed by atoms with Crippen LogP contribution < -0.4 is 15.7 Å². The molecule has 0 aliphatic carbocycles. The number of amides is 1. The Hall–Kier alpha value is -3.48. The molecule has 3 aromatic rings. The van der Waals surface area contributed by atoms with Crippen LogP contribution in [-0.2, 0) is 11.3 Å². The van der Waals surface area contributed by atoms with E-state index in [0.717, 1.165) is 27.1 Å². The summed E-state index contributed by atoms with van der Waals surface area (Å²) in [5, 5.41) is 6.87. The molecule has 1 N–H and O–H groups in total. The molecule has 0 bridgehead atoms. The Kier molecular flexibility index (Phi) is 5.30. The molecule has 0 saturated heterocycles. The van der Waals surface area contributed by atoms with Gasteiger partial charge in [0.15, 0.2) is 0 Å². The van der Waals surface area contributed by atoms with E-state index in [1.807, 2.05) is 32.0 Å². The molecule has 7 nitrogen and oxygen atoms in total. The lowest BCUT2D eigenvalue weighted by Crippen LogP contribution is -2.31. The Balaban J connectivity index is 1.74. The standard InChI is InChI=1S/C20H20N4O3/c1-13-4-5-14(2)17(10-13)22-19(25)12-24-20(26)23-18(11-21-24)15-6-8-16(27-3)9-7-15/h4-11H,12H2,1-3H3,(H,22,25). The second-order valence-corrected chi connectivity index (χ2v) is 6.18. The molecule has 3 rings (SSSR count). The van der Waals surface area contributed by atoms with Crippen LogP contribution in [0.5, 0.6) is 5.75 Å². The number of carbonyl (C=O) groups excluding carboxylic acids is 1. The lowest BCUT2D eigenvalue weighted by atomic mass is 10.1. The van der Waals surface area contributed by atoms with E-state index in [1.54, 1.807) is 31.4 Å². The zero-order chi connectivity index (χ0) is 19.4. The van der Waals surface area contributed by atoms with Crippen molar-refractivity contribution in [1.29, 1.82) is 0 Å². The van der Waals surface area contributed by atoms with Crippen molar-refractivity contribution in [3.05, 3.63) is 70.3 Å². The van der Waals surface area contributed by atoms with Crippen LogP contribution in [-0.4, -0.2) is 27.8 Å². The molecule has 0 spiro atoms. The first-order chi connectivity index (χ1) is 13.0. The Morgan fingerprint density at radius 2 is 1.89 bits per heavy atom. The Bertz CT molecular complexity index is 1030. The number of carbonyl (C=O) groups is 1. The number of methoxy groups -OCH3 is 1. The Morgan fingerprint density at radius 1 is 1.15 bits per heavy atom. The number of aromatic nitrogens is 3. The number of nitrogens with one attached hydrogen (secondary N) is 1. The fourth-order valence-electron chi connectivity index (χ4n) is 2.57. The summed E-state index contributed by atoms with van der Waals surface area (Å²) in [6.07, 6.45) is 1.47. The van der Waals surface area contributed by atoms with Crippen molar-refractivity contribution in [3.8, 4) is 17.0 Å². The van der Waals surface area contributed by atoms with E-state index in [1.165, 1.54) is 6.20 Å². The topological polar surface area (TPSA) is 86.1 Å². The third-order valence-electron chi connectivity index (χ3n) is 4.10. The van der Waals surface area contributed by atoms with Crippen molar-refractivity contribution >= 4 is 11.6 Å². The van der Waals surface area contributed by atoms with Gasteiger partial charge in [-0.2, -0.15) is 10.1 Å². The highest BCUT2D eigenvalue weighted by Crippen LogP contribution is 2.19. The Labute approximate surface area is 156 Å². The summed E-state index contributed by atoms with van der Waals surface area (Å²) in [5.41, 5.74) is 3.30. The van der Waals surface area contributed by atoms with Crippen LogP contribution >= 0.6 is 0 Å². The van der Waals surface area contributed by atoms with Crippen LogP contribution in [0, 0.1) is 13.8 Å². The molecule has 0 radical (unpaired) electrons. The van der Waals surface area contributed by atoms with E-state index >= 15 is 0 Å². The van der Waals surface area contributed by atoms with Crippen molar-refractivity contribution in [2.24, 2.45) is 0 Å². The molecule has 0 fully saturated rings. The number of benzene rings is 2. The first-order valence-electron chi connectivity index (χ1n) is 8.42.